The predicted molar refractivity (Wildman–Crippen MR) is 493 cm³/mol. The highest BCUT2D eigenvalue weighted by Crippen LogP contribution is 2.43. The maximum atomic E-state index is 5.59. The summed E-state index contributed by atoms with van der Waals surface area (Å²) in [5.74, 6) is 4.85. The second kappa shape index (κ2) is 43.5. The molecule has 0 spiro atoms. The van der Waals surface area contributed by atoms with E-state index in [9.17, 15) is 0 Å². The number of nitrogens with zero attached hydrogens (tertiary/aromatic N) is 8. The molecule has 0 radical (unpaired) electrons. The summed E-state index contributed by atoms with van der Waals surface area (Å²) in [6, 6.07) is 41.8. The molecule has 0 unspecified atom stereocenters. The second-order valence-electron chi connectivity index (χ2n) is 36.9. The lowest BCUT2D eigenvalue weighted by Gasteiger charge is -2.29. The molecule has 5 aromatic carbocycles. The summed E-state index contributed by atoms with van der Waals surface area (Å²) in [6.45, 7) is 19.1. The van der Waals surface area contributed by atoms with E-state index < -0.39 is 15.8 Å². The third kappa shape index (κ3) is 24.5. The van der Waals surface area contributed by atoms with E-state index in [1.54, 1.807) is 0 Å². The van der Waals surface area contributed by atoms with Crippen molar-refractivity contribution in [2.75, 3.05) is 0 Å². The van der Waals surface area contributed by atoms with Crippen LogP contribution in [0.5, 0.6) is 0 Å². The van der Waals surface area contributed by atoms with E-state index in [2.05, 4.69) is 202 Å². The summed E-state index contributed by atoms with van der Waals surface area (Å²) in [4.78, 5) is 44.7. The highest BCUT2D eigenvalue weighted by atomic mass is 31.1. The van der Waals surface area contributed by atoms with Gasteiger partial charge >= 0.3 is 0 Å². The Morgan fingerprint density at radius 1 is 0.205 bits per heavy atom. The molecule has 8 fully saturated rings. The van der Waals surface area contributed by atoms with Gasteiger partial charge in [-0.2, -0.15) is 0 Å². The van der Waals surface area contributed by atoms with Gasteiger partial charge in [0.2, 0.25) is 0 Å². The third-order valence-electron chi connectivity index (χ3n) is 28.6. The summed E-state index contributed by atoms with van der Waals surface area (Å²) < 4.78 is 0. The van der Waals surface area contributed by atoms with Gasteiger partial charge in [0.05, 0.1) is 0 Å². The number of benzene rings is 5. The minimum Gasteiger partial charge on any atom is -0.289 e. The zero-order valence-electron chi connectivity index (χ0n) is 70.9. The largest absolute Gasteiger partial charge is 0.289 e. The standard InChI is InChI=1S/C102H144N8P2/c1-73(89-35-17-9-18-36-89)103-65-81-53-82(66-104-74(2)90-37-19-10-20-38-90)58-97(57-81)111(98-59-83(67-105-75(3)91-39-21-11-22-40-91)54-84(60-98)68-106-76(4)92-41-23-12-24-42-92)101-51-33-34-52-102(101)112(99-61-85(69-107-77(5)93-43-25-13-26-44-93)55-86(62-99)70-108-78(6)94-45-27-14-28-46-94)100-63-87(71-109-79(7)95-47-29-15-30-48-95)56-88(64-100)72-110-80(8)96-49-31-16-32-50-96/h33-34,51-80,89-96H,9-32,35-50H2,1-8H3/t73-,74-,75-,76-,77-,78-,79-,80-,111?,112?/m0/s1. The molecule has 0 aliphatic heterocycles. The van der Waals surface area contributed by atoms with Gasteiger partial charge in [-0.3, -0.25) is 39.9 Å². The van der Waals surface area contributed by atoms with Gasteiger partial charge in [0.25, 0.3) is 0 Å². The number of hydrogen-bond donors (Lipinski definition) is 0. The molecule has 0 saturated heterocycles. The van der Waals surface area contributed by atoms with E-state index in [0.29, 0.717) is 47.3 Å². The highest BCUT2D eigenvalue weighted by molar-refractivity contribution is 7.85. The molecule has 8 nitrogen and oxygen atoms in total. The first kappa shape index (κ1) is 84.2. The van der Waals surface area contributed by atoms with Gasteiger partial charge in [-0.15, -0.1) is 0 Å². The lowest BCUT2D eigenvalue weighted by molar-refractivity contribution is 0.318. The highest BCUT2D eigenvalue weighted by Gasteiger charge is 2.32. The molecule has 602 valence electrons. The smallest absolute Gasteiger partial charge is 0.0499 e. The Kier molecular flexibility index (Phi) is 32.7. The van der Waals surface area contributed by atoms with E-state index in [-0.39, 0.29) is 48.3 Å². The average Bonchev–Trinajstić information content (AvgIpc) is 0.758. The number of aliphatic imine (C=N–C) groups is 8. The first-order chi connectivity index (χ1) is 54.8. The number of hydrogen-bond acceptors (Lipinski definition) is 8. The molecular formula is C102H144N8P2. The van der Waals surface area contributed by atoms with Crippen molar-refractivity contribution in [2.24, 2.45) is 87.3 Å². The Morgan fingerprint density at radius 2 is 0.339 bits per heavy atom. The monoisotopic (exact) mass is 1540 g/mol. The van der Waals surface area contributed by atoms with Crippen LogP contribution in [0.1, 0.15) is 357 Å². The normalized spacial score (nSPS) is 23.1. The molecule has 0 bridgehead atoms. The van der Waals surface area contributed by atoms with Crippen LogP contribution in [-0.2, 0) is 0 Å². The van der Waals surface area contributed by atoms with E-state index >= 15 is 0 Å². The molecule has 8 saturated carbocycles. The van der Waals surface area contributed by atoms with Crippen LogP contribution in [0.25, 0.3) is 0 Å². The fourth-order valence-corrected chi connectivity index (χ4v) is 26.6. The fourth-order valence-electron chi connectivity index (χ4n) is 21.0. The van der Waals surface area contributed by atoms with Crippen molar-refractivity contribution in [3.05, 3.63) is 142 Å². The van der Waals surface area contributed by atoms with Gasteiger partial charge in [-0.25, -0.2) is 0 Å². The molecule has 8 atom stereocenters. The Morgan fingerprint density at radius 3 is 0.473 bits per heavy atom. The molecule has 112 heavy (non-hydrogen) atoms. The Bertz CT molecular complexity index is 3270. The first-order valence-electron chi connectivity index (χ1n) is 46.4. The molecule has 5 aromatic rings. The van der Waals surface area contributed by atoms with Gasteiger partial charge in [-0.05, 0) is 370 Å². The van der Waals surface area contributed by atoms with Gasteiger partial charge in [0, 0.05) is 98.1 Å². The van der Waals surface area contributed by atoms with Crippen LogP contribution in [0.15, 0.2) is 137 Å². The average molecular weight is 1540 g/mol. The molecule has 8 aliphatic rings. The quantitative estimate of drug-likeness (QED) is 0.0323. The lowest BCUT2D eigenvalue weighted by atomic mass is 9.85. The molecule has 0 aromatic heterocycles. The summed E-state index contributed by atoms with van der Waals surface area (Å²) in [5.41, 5.74) is 9.24. The van der Waals surface area contributed by atoms with Crippen molar-refractivity contribution in [1.29, 1.82) is 0 Å². The molecule has 13 rings (SSSR count). The van der Waals surface area contributed by atoms with Crippen LogP contribution in [0.4, 0.5) is 0 Å². The SMILES string of the molecule is C[C@H](N=Cc1cc(C=N[C@@H](C)C2CCCCC2)cc(P(c2cc(C=N[C@@H](C)C3CCCCC3)cc(C=N[C@@H](C)C3CCCCC3)c2)c2ccccc2P(c2cc(C=N[C@@H](C)C3CCCCC3)cc(C=N[C@@H](C)C3CCCCC3)c2)c2cc(C=N[C@@H](C)C3CCCCC3)cc(C=N[C@@H](C)C3CCCCC3)c2)c1)C1CCCCC1. The lowest BCUT2D eigenvalue weighted by Crippen LogP contribution is -2.35. The Balaban J connectivity index is 1.06. The van der Waals surface area contributed by atoms with Crippen molar-refractivity contribution in [1.82, 2.24) is 0 Å². The topological polar surface area (TPSA) is 98.9 Å². The van der Waals surface area contributed by atoms with Crippen molar-refractivity contribution >= 4 is 97.4 Å². The van der Waals surface area contributed by atoms with Crippen molar-refractivity contribution in [2.45, 2.75) is 361 Å². The third-order valence-corrected chi connectivity index (χ3v) is 33.6. The fraction of sp³-hybridized carbons (Fsp3) is 0.627. The summed E-state index contributed by atoms with van der Waals surface area (Å²) in [6.07, 6.45) is 69.9. The first-order valence-corrected chi connectivity index (χ1v) is 49.0. The molecule has 8 aliphatic carbocycles. The van der Waals surface area contributed by atoms with E-state index in [1.807, 2.05) is 0 Å². The Labute approximate surface area is 682 Å². The van der Waals surface area contributed by atoms with Gasteiger partial charge < -0.3 is 0 Å². The molecule has 10 heteroatoms. The van der Waals surface area contributed by atoms with Gasteiger partial charge in [-0.1, -0.05) is 178 Å². The van der Waals surface area contributed by atoms with Crippen LogP contribution >= 0.6 is 15.8 Å². The van der Waals surface area contributed by atoms with Crippen LogP contribution < -0.4 is 31.8 Å². The summed E-state index contributed by atoms with van der Waals surface area (Å²) in [7, 11) is -2.71. The minimum absolute atomic E-state index is 0.242. The van der Waals surface area contributed by atoms with E-state index in [4.69, 9.17) is 39.9 Å². The molecular weight excluding hydrogens is 1400 g/mol. The maximum absolute atomic E-state index is 5.59. The summed E-state index contributed by atoms with van der Waals surface area (Å²) >= 11 is 0. The van der Waals surface area contributed by atoms with Crippen LogP contribution in [0, 0.1) is 47.3 Å². The predicted octanol–water partition coefficient (Wildman–Crippen LogP) is 24.3. The summed E-state index contributed by atoms with van der Waals surface area (Å²) in [5, 5.41) is 7.98. The zero-order chi connectivity index (χ0) is 77.4. The maximum Gasteiger partial charge on any atom is 0.0499 e. The van der Waals surface area contributed by atoms with Gasteiger partial charge in [0.1, 0.15) is 0 Å². The van der Waals surface area contributed by atoms with Crippen molar-refractivity contribution in [3.8, 4) is 0 Å². The van der Waals surface area contributed by atoms with Crippen molar-refractivity contribution in [3.63, 3.8) is 0 Å². The zero-order valence-corrected chi connectivity index (χ0v) is 72.6. The second-order valence-corrected chi connectivity index (χ2v) is 41.3. The molecule has 0 amide bonds. The van der Waals surface area contributed by atoms with Crippen LogP contribution in [-0.4, -0.2) is 98.1 Å². The van der Waals surface area contributed by atoms with Crippen molar-refractivity contribution < 1.29 is 0 Å². The van der Waals surface area contributed by atoms with E-state index in [0.717, 1.165) is 44.5 Å². The molecule has 0 N–H and O–H groups in total. The van der Waals surface area contributed by atoms with E-state index in [1.165, 1.54) is 289 Å². The van der Waals surface area contributed by atoms with Crippen LogP contribution in [0.2, 0.25) is 0 Å². The minimum atomic E-state index is -1.36. The van der Waals surface area contributed by atoms with Crippen LogP contribution in [0.3, 0.4) is 0 Å². The Hall–Kier alpha value is -5.68. The number of rotatable bonds is 30. The van der Waals surface area contributed by atoms with Gasteiger partial charge in [0.15, 0.2) is 0 Å². The molecule has 0 heterocycles.